The third-order valence-corrected chi connectivity index (χ3v) is 5.06. The number of nitrogens with one attached hydrogen (secondary N) is 1. The lowest BCUT2D eigenvalue weighted by molar-refractivity contribution is 0.0928. The number of carbonyl (C=O) groups is 1. The van der Waals surface area contributed by atoms with Crippen LogP contribution in [0.15, 0.2) is 12.4 Å². The average Bonchev–Trinajstić information content (AvgIpc) is 2.84. The van der Waals surface area contributed by atoms with Gasteiger partial charge in [0.1, 0.15) is 17.8 Å². The number of anilines is 1. The minimum absolute atomic E-state index is 0.0504. The lowest BCUT2D eigenvalue weighted by Gasteiger charge is -2.31. The van der Waals surface area contributed by atoms with Crippen LogP contribution < -0.4 is 10.2 Å². The molecule has 2 fully saturated rings. The summed E-state index contributed by atoms with van der Waals surface area (Å²) in [5.41, 5.74) is 0.498. The highest BCUT2D eigenvalue weighted by molar-refractivity contribution is 5.93. The van der Waals surface area contributed by atoms with Crippen molar-refractivity contribution in [3.05, 3.63) is 18.1 Å². The zero-order valence-electron chi connectivity index (χ0n) is 14.1. The van der Waals surface area contributed by atoms with E-state index < -0.39 is 0 Å². The van der Waals surface area contributed by atoms with Gasteiger partial charge in [0.2, 0.25) is 0 Å². The fourth-order valence-corrected chi connectivity index (χ4v) is 3.72. The predicted octanol–water partition coefficient (Wildman–Crippen LogP) is 3.17. The molecule has 1 unspecified atom stereocenters. The molecule has 2 heterocycles. The number of hydrogen-bond acceptors (Lipinski definition) is 4. The minimum atomic E-state index is -0.0504. The Balaban J connectivity index is 1.65. The molecule has 1 aromatic rings. The molecule has 126 valence electrons. The lowest BCUT2D eigenvalue weighted by atomic mass is 10.0. The average molecular weight is 316 g/mol. The first kappa shape index (κ1) is 16.2. The highest BCUT2D eigenvalue weighted by Crippen LogP contribution is 2.21. The molecule has 3 rings (SSSR count). The van der Waals surface area contributed by atoms with Gasteiger partial charge in [-0.25, -0.2) is 9.97 Å². The second kappa shape index (κ2) is 7.75. The van der Waals surface area contributed by atoms with Crippen LogP contribution in [0.2, 0.25) is 0 Å². The molecular formula is C18H28N4O. The van der Waals surface area contributed by atoms with Crippen molar-refractivity contribution < 1.29 is 4.79 Å². The number of carbonyl (C=O) groups excluding carboxylic acids is 1. The zero-order valence-corrected chi connectivity index (χ0v) is 14.1. The quantitative estimate of drug-likeness (QED) is 0.870. The molecule has 0 bridgehead atoms. The van der Waals surface area contributed by atoms with Crippen molar-refractivity contribution in [2.75, 3.05) is 18.0 Å². The Bertz CT molecular complexity index is 526. The molecule has 1 atom stereocenters. The van der Waals surface area contributed by atoms with E-state index in [1.165, 1.54) is 44.9 Å². The molecule has 0 aromatic carbocycles. The zero-order chi connectivity index (χ0) is 16.1. The summed E-state index contributed by atoms with van der Waals surface area (Å²) in [6, 6.07) is 2.16. The summed E-state index contributed by atoms with van der Waals surface area (Å²) in [4.78, 5) is 23.3. The van der Waals surface area contributed by atoms with Crippen molar-refractivity contribution in [3.63, 3.8) is 0 Å². The summed E-state index contributed by atoms with van der Waals surface area (Å²) in [6.45, 7) is 4.30. The van der Waals surface area contributed by atoms with Crippen molar-refractivity contribution in [1.29, 1.82) is 0 Å². The van der Waals surface area contributed by atoms with Crippen LogP contribution in [0.4, 0.5) is 5.82 Å². The van der Waals surface area contributed by atoms with Crippen molar-refractivity contribution >= 4 is 11.7 Å². The number of rotatable bonds is 3. The van der Waals surface area contributed by atoms with Crippen LogP contribution >= 0.6 is 0 Å². The molecule has 1 aliphatic carbocycles. The molecule has 1 aromatic heterocycles. The monoisotopic (exact) mass is 316 g/mol. The Morgan fingerprint density at radius 2 is 1.91 bits per heavy atom. The van der Waals surface area contributed by atoms with Gasteiger partial charge >= 0.3 is 0 Å². The van der Waals surface area contributed by atoms with E-state index in [-0.39, 0.29) is 5.91 Å². The predicted molar refractivity (Wildman–Crippen MR) is 91.6 cm³/mol. The van der Waals surface area contributed by atoms with Crippen LogP contribution in [-0.4, -0.2) is 35.0 Å². The normalized spacial score (nSPS) is 23.3. The maximum absolute atomic E-state index is 12.5. The fraction of sp³-hybridized carbons (Fsp3) is 0.722. The van der Waals surface area contributed by atoms with E-state index in [0.717, 1.165) is 31.7 Å². The van der Waals surface area contributed by atoms with E-state index in [2.05, 4.69) is 27.1 Å². The number of piperidine rings is 1. The molecule has 5 nitrogen and oxygen atoms in total. The summed E-state index contributed by atoms with van der Waals surface area (Å²) in [6.07, 6.45) is 11.2. The van der Waals surface area contributed by atoms with Crippen molar-refractivity contribution in [3.8, 4) is 0 Å². The standard InChI is InChI=1S/C18H28N4O/c1-14-7-6-10-22(12-14)17-11-16(19-13-20-17)18(23)21-15-8-4-2-3-5-9-15/h11,13-15H,2-10,12H2,1H3,(H,21,23). The Morgan fingerprint density at radius 3 is 2.65 bits per heavy atom. The Morgan fingerprint density at radius 1 is 1.13 bits per heavy atom. The topological polar surface area (TPSA) is 58.1 Å². The maximum Gasteiger partial charge on any atom is 0.270 e. The molecule has 1 amide bonds. The molecule has 2 aliphatic rings. The van der Waals surface area contributed by atoms with Crippen LogP contribution in [-0.2, 0) is 0 Å². The summed E-state index contributed by atoms with van der Waals surface area (Å²) in [5, 5.41) is 3.17. The molecule has 1 aliphatic heterocycles. The number of amides is 1. The highest BCUT2D eigenvalue weighted by atomic mass is 16.1. The molecule has 5 heteroatoms. The largest absolute Gasteiger partial charge is 0.356 e. The summed E-state index contributed by atoms with van der Waals surface area (Å²) < 4.78 is 0. The second-order valence-electron chi connectivity index (χ2n) is 7.12. The molecule has 1 saturated carbocycles. The van der Waals surface area contributed by atoms with Crippen LogP contribution in [0.25, 0.3) is 0 Å². The van der Waals surface area contributed by atoms with Crippen LogP contribution in [0.1, 0.15) is 68.8 Å². The first-order chi connectivity index (χ1) is 11.2. The molecule has 1 N–H and O–H groups in total. The van der Waals surface area contributed by atoms with E-state index in [1.54, 1.807) is 0 Å². The third kappa shape index (κ3) is 4.43. The third-order valence-electron chi connectivity index (χ3n) is 5.06. The molecule has 23 heavy (non-hydrogen) atoms. The molecule has 0 radical (unpaired) electrons. The van der Waals surface area contributed by atoms with Crippen molar-refractivity contribution in [1.82, 2.24) is 15.3 Å². The van der Waals surface area contributed by atoms with Gasteiger partial charge in [0.15, 0.2) is 0 Å². The molecule has 0 spiro atoms. The van der Waals surface area contributed by atoms with Gasteiger partial charge in [-0.2, -0.15) is 0 Å². The van der Waals surface area contributed by atoms with Crippen molar-refractivity contribution in [2.45, 2.75) is 64.3 Å². The van der Waals surface area contributed by atoms with Gasteiger partial charge in [0.05, 0.1) is 0 Å². The van der Waals surface area contributed by atoms with Crippen LogP contribution in [0.3, 0.4) is 0 Å². The summed E-state index contributed by atoms with van der Waals surface area (Å²) >= 11 is 0. The van der Waals surface area contributed by atoms with Crippen molar-refractivity contribution in [2.24, 2.45) is 5.92 Å². The first-order valence-corrected chi connectivity index (χ1v) is 9.10. The van der Waals surface area contributed by atoms with E-state index >= 15 is 0 Å². The number of hydrogen-bond donors (Lipinski definition) is 1. The van der Waals surface area contributed by atoms with E-state index in [1.807, 2.05) is 6.07 Å². The summed E-state index contributed by atoms with van der Waals surface area (Å²) in [5.74, 6) is 1.52. The minimum Gasteiger partial charge on any atom is -0.356 e. The van der Waals surface area contributed by atoms with Gasteiger partial charge in [-0.1, -0.05) is 32.6 Å². The maximum atomic E-state index is 12.5. The van der Waals surface area contributed by atoms with Crippen LogP contribution in [0, 0.1) is 5.92 Å². The second-order valence-corrected chi connectivity index (χ2v) is 7.12. The highest BCUT2D eigenvalue weighted by Gasteiger charge is 2.20. The Labute approximate surface area is 138 Å². The first-order valence-electron chi connectivity index (χ1n) is 9.10. The van der Waals surface area contributed by atoms with Crippen LogP contribution in [0.5, 0.6) is 0 Å². The van der Waals surface area contributed by atoms with Gasteiger partial charge in [-0.05, 0) is 31.6 Å². The molecular weight excluding hydrogens is 288 g/mol. The number of nitrogens with zero attached hydrogens (tertiary/aromatic N) is 3. The Kier molecular flexibility index (Phi) is 5.47. The van der Waals surface area contributed by atoms with Gasteiger partial charge < -0.3 is 10.2 Å². The van der Waals surface area contributed by atoms with Gasteiger partial charge in [-0.3, -0.25) is 4.79 Å². The van der Waals surface area contributed by atoms with Gasteiger partial charge in [0, 0.05) is 25.2 Å². The van der Waals surface area contributed by atoms with E-state index in [9.17, 15) is 4.79 Å². The SMILES string of the molecule is CC1CCCN(c2cc(C(=O)NC3CCCCCC3)ncn2)C1. The number of aromatic nitrogens is 2. The Hall–Kier alpha value is -1.65. The molecule has 1 saturated heterocycles. The lowest BCUT2D eigenvalue weighted by Crippen LogP contribution is -2.36. The van der Waals surface area contributed by atoms with E-state index in [4.69, 9.17) is 0 Å². The fourth-order valence-electron chi connectivity index (χ4n) is 3.72. The van der Waals surface area contributed by atoms with E-state index in [0.29, 0.717) is 17.7 Å². The smallest absolute Gasteiger partial charge is 0.270 e. The van der Waals surface area contributed by atoms with Gasteiger partial charge in [-0.15, -0.1) is 0 Å². The summed E-state index contributed by atoms with van der Waals surface area (Å²) in [7, 11) is 0. The van der Waals surface area contributed by atoms with Gasteiger partial charge in [0.25, 0.3) is 5.91 Å².